The third kappa shape index (κ3) is 0.928. The van der Waals surface area contributed by atoms with Crippen LogP contribution < -0.4 is 11.3 Å². The fraction of sp³-hybridized carbons (Fsp3) is 0.200. The van der Waals surface area contributed by atoms with Gasteiger partial charge < -0.3 is 10.8 Å². The molecule has 0 fully saturated rings. The summed E-state index contributed by atoms with van der Waals surface area (Å²) in [6, 6.07) is 0. The Morgan fingerprint density at radius 3 is 2.80 bits per heavy atom. The SMILES string of the molecule is Cc1nc(N)[nH]c(=O)c1O. The van der Waals surface area contributed by atoms with Crippen LogP contribution in [0.3, 0.4) is 0 Å². The molecule has 10 heavy (non-hydrogen) atoms. The summed E-state index contributed by atoms with van der Waals surface area (Å²) >= 11 is 0. The Kier molecular flexibility index (Phi) is 1.33. The fourth-order valence-electron chi connectivity index (χ4n) is 0.601. The highest BCUT2D eigenvalue weighted by molar-refractivity contribution is 5.27. The van der Waals surface area contributed by atoms with E-state index in [0.29, 0.717) is 0 Å². The Bertz CT molecular complexity index is 304. The highest BCUT2D eigenvalue weighted by Gasteiger charge is 2.01. The minimum absolute atomic E-state index is 0.0142. The first-order valence-corrected chi connectivity index (χ1v) is 2.66. The first kappa shape index (κ1) is 6.60. The molecule has 0 aliphatic heterocycles. The number of nitrogen functional groups attached to an aromatic ring is 1. The van der Waals surface area contributed by atoms with Crippen LogP contribution in [-0.4, -0.2) is 15.1 Å². The second-order valence-electron chi connectivity index (χ2n) is 1.89. The smallest absolute Gasteiger partial charge is 0.294 e. The van der Waals surface area contributed by atoms with Crippen molar-refractivity contribution in [1.29, 1.82) is 0 Å². The molecular weight excluding hydrogens is 134 g/mol. The maximum Gasteiger partial charge on any atom is 0.294 e. The average molecular weight is 141 g/mol. The number of anilines is 1. The lowest BCUT2D eigenvalue weighted by Crippen LogP contribution is -2.11. The summed E-state index contributed by atoms with van der Waals surface area (Å²) in [6.45, 7) is 1.50. The molecule has 0 aromatic carbocycles. The van der Waals surface area contributed by atoms with Crippen molar-refractivity contribution in [2.75, 3.05) is 5.73 Å². The number of rotatable bonds is 0. The lowest BCUT2D eigenvalue weighted by Gasteiger charge is -1.95. The molecule has 54 valence electrons. The Hall–Kier alpha value is -1.52. The van der Waals surface area contributed by atoms with E-state index in [1.807, 2.05) is 0 Å². The number of H-pyrrole nitrogens is 1. The molecule has 5 heteroatoms. The Morgan fingerprint density at radius 2 is 2.30 bits per heavy atom. The summed E-state index contributed by atoms with van der Waals surface area (Å²) in [5.41, 5.74) is 4.78. The molecule has 0 unspecified atom stereocenters. The summed E-state index contributed by atoms with van der Waals surface area (Å²) in [4.78, 5) is 16.4. The van der Waals surface area contributed by atoms with E-state index in [1.54, 1.807) is 0 Å². The van der Waals surface area contributed by atoms with Gasteiger partial charge in [0, 0.05) is 0 Å². The lowest BCUT2D eigenvalue weighted by molar-refractivity contribution is 0.458. The molecule has 0 aliphatic rings. The summed E-state index contributed by atoms with van der Waals surface area (Å²) in [7, 11) is 0. The van der Waals surface area contributed by atoms with Crippen molar-refractivity contribution in [2.45, 2.75) is 6.92 Å². The molecule has 4 N–H and O–H groups in total. The van der Waals surface area contributed by atoms with Crippen LogP contribution in [0.15, 0.2) is 4.79 Å². The van der Waals surface area contributed by atoms with E-state index in [-0.39, 0.29) is 17.4 Å². The minimum Gasteiger partial charge on any atom is -0.502 e. The maximum absolute atomic E-state index is 10.6. The van der Waals surface area contributed by atoms with E-state index in [4.69, 9.17) is 10.8 Å². The molecule has 1 aromatic heterocycles. The predicted octanol–water partition coefficient (Wildman–Crippen LogP) is -0.634. The zero-order valence-electron chi connectivity index (χ0n) is 5.38. The lowest BCUT2D eigenvalue weighted by atomic mass is 10.4. The zero-order valence-corrected chi connectivity index (χ0v) is 5.38. The number of hydrogen-bond acceptors (Lipinski definition) is 4. The van der Waals surface area contributed by atoms with Crippen molar-refractivity contribution in [3.63, 3.8) is 0 Å². The first-order valence-electron chi connectivity index (χ1n) is 2.66. The van der Waals surface area contributed by atoms with E-state index in [2.05, 4.69) is 9.97 Å². The van der Waals surface area contributed by atoms with E-state index < -0.39 is 5.56 Å². The largest absolute Gasteiger partial charge is 0.502 e. The fourth-order valence-corrected chi connectivity index (χ4v) is 0.601. The number of aryl methyl sites for hydroxylation is 1. The average Bonchev–Trinajstić information content (AvgIpc) is 1.82. The van der Waals surface area contributed by atoms with E-state index >= 15 is 0 Å². The van der Waals surface area contributed by atoms with Gasteiger partial charge in [-0.25, -0.2) is 4.98 Å². The van der Waals surface area contributed by atoms with Crippen LogP contribution >= 0.6 is 0 Å². The third-order valence-corrected chi connectivity index (χ3v) is 1.09. The van der Waals surface area contributed by atoms with Gasteiger partial charge in [-0.15, -0.1) is 0 Å². The standard InChI is InChI=1S/C5H7N3O2/c1-2-3(9)4(10)8-5(6)7-2/h9H,1H3,(H3,6,7,8,10). The molecule has 0 spiro atoms. The van der Waals surface area contributed by atoms with Gasteiger partial charge in [0.2, 0.25) is 11.7 Å². The normalized spacial score (nSPS) is 9.70. The van der Waals surface area contributed by atoms with Gasteiger partial charge >= 0.3 is 0 Å². The molecule has 1 rings (SSSR count). The highest BCUT2D eigenvalue weighted by Crippen LogP contribution is 2.04. The Labute approximate surface area is 56.5 Å². The van der Waals surface area contributed by atoms with Crippen molar-refractivity contribution in [3.8, 4) is 5.75 Å². The quantitative estimate of drug-likeness (QED) is 0.448. The van der Waals surface area contributed by atoms with Crippen LogP contribution in [0.1, 0.15) is 5.69 Å². The number of aromatic hydroxyl groups is 1. The molecule has 1 heterocycles. The van der Waals surface area contributed by atoms with Crippen LogP contribution in [0.2, 0.25) is 0 Å². The molecule has 0 amide bonds. The molecule has 0 atom stereocenters. The predicted molar refractivity (Wildman–Crippen MR) is 35.7 cm³/mol. The summed E-state index contributed by atoms with van der Waals surface area (Å²) in [5, 5.41) is 8.87. The van der Waals surface area contributed by atoms with Crippen molar-refractivity contribution in [2.24, 2.45) is 0 Å². The molecule has 0 radical (unpaired) electrons. The van der Waals surface area contributed by atoms with Gasteiger partial charge in [-0.3, -0.25) is 9.78 Å². The van der Waals surface area contributed by atoms with Crippen LogP contribution in [0.5, 0.6) is 5.75 Å². The van der Waals surface area contributed by atoms with Gasteiger partial charge in [0.05, 0.1) is 5.69 Å². The van der Waals surface area contributed by atoms with E-state index in [1.165, 1.54) is 6.92 Å². The minimum atomic E-state index is -0.606. The first-order chi connectivity index (χ1) is 4.61. The maximum atomic E-state index is 10.6. The number of aromatic nitrogens is 2. The topological polar surface area (TPSA) is 92.0 Å². The van der Waals surface area contributed by atoms with Crippen molar-refractivity contribution >= 4 is 5.95 Å². The number of nitrogens with zero attached hydrogens (tertiary/aromatic N) is 1. The molecule has 0 saturated heterocycles. The molecule has 0 bridgehead atoms. The zero-order chi connectivity index (χ0) is 7.72. The molecule has 0 aliphatic carbocycles. The van der Waals surface area contributed by atoms with Crippen molar-refractivity contribution < 1.29 is 5.11 Å². The van der Waals surface area contributed by atoms with Crippen molar-refractivity contribution in [3.05, 3.63) is 16.0 Å². The van der Waals surface area contributed by atoms with E-state index in [0.717, 1.165) is 0 Å². The number of nitrogens with two attached hydrogens (primary N) is 1. The van der Waals surface area contributed by atoms with Crippen LogP contribution in [0.4, 0.5) is 5.95 Å². The Balaban J connectivity index is 3.46. The van der Waals surface area contributed by atoms with Gasteiger partial charge in [-0.05, 0) is 6.92 Å². The summed E-state index contributed by atoms with van der Waals surface area (Å²) in [5.74, 6) is -0.366. The van der Waals surface area contributed by atoms with Crippen LogP contribution in [0.25, 0.3) is 0 Å². The number of hydrogen-bond donors (Lipinski definition) is 3. The second kappa shape index (κ2) is 2.02. The molecular formula is C5H7N3O2. The molecule has 0 saturated carbocycles. The summed E-state index contributed by atoms with van der Waals surface area (Å²) in [6.07, 6.45) is 0. The van der Waals surface area contributed by atoms with Crippen molar-refractivity contribution in [1.82, 2.24) is 9.97 Å². The van der Waals surface area contributed by atoms with Crippen LogP contribution in [-0.2, 0) is 0 Å². The van der Waals surface area contributed by atoms with Gasteiger partial charge in [0.25, 0.3) is 5.56 Å². The highest BCUT2D eigenvalue weighted by atomic mass is 16.3. The molecule has 5 nitrogen and oxygen atoms in total. The van der Waals surface area contributed by atoms with Gasteiger partial charge in [-0.2, -0.15) is 0 Å². The van der Waals surface area contributed by atoms with E-state index in [9.17, 15) is 4.79 Å². The Morgan fingerprint density at radius 1 is 1.70 bits per heavy atom. The van der Waals surface area contributed by atoms with Crippen LogP contribution in [0, 0.1) is 6.92 Å². The van der Waals surface area contributed by atoms with Gasteiger partial charge in [-0.1, -0.05) is 0 Å². The molecule has 1 aromatic rings. The summed E-state index contributed by atoms with van der Waals surface area (Å²) < 4.78 is 0. The third-order valence-electron chi connectivity index (χ3n) is 1.09. The van der Waals surface area contributed by atoms with Gasteiger partial charge in [0.1, 0.15) is 0 Å². The second-order valence-corrected chi connectivity index (χ2v) is 1.89. The number of aromatic amines is 1. The van der Waals surface area contributed by atoms with Gasteiger partial charge in [0.15, 0.2) is 0 Å². The monoisotopic (exact) mass is 141 g/mol. The number of nitrogens with one attached hydrogen (secondary N) is 1.